The molecule has 164 valence electrons. The van der Waals surface area contributed by atoms with Crippen molar-refractivity contribution in [2.75, 3.05) is 13.2 Å². The van der Waals surface area contributed by atoms with E-state index in [1.807, 2.05) is 18.2 Å². The van der Waals surface area contributed by atoms with E-state index in [-0.39, 0.29) is 29.5 Å². The van der Waals surface area contributed by atoms with Crippen LogP contribution in [-0.2, 0) is 4.79 Å². The molecule has 1 N–H and O–H groups in total. The van der Waals surface area contributed by atoms with Crippen molar-refractivity contribution in [3.63, 3.8) is 0 Å². The van der Waals surface area contributed by atoms with Crippen LogP contribution in [0.25, 0.3) is 22.1 Å². The van der Waals surface area contributed by atoms with Crippen molar-refractivity contribution in [3.8, 4) is 34.1 Å². The van der Waals surface area contributed by atoms with E-state index in [9.17, 15) is 14.7 Å². The average Bonchev–Trinajstić information content (AvgIpc) is 2.84. The van der Waals surface area contributed by atoms with Gasteiger partial charge in [-0.05, 0) is 47.5 Å². The third kappa shape index (κ3) is 3.20. The fraction of sp³-hybridized carbons (Fsp3) is 0.154. The minimum Gasteiger partial charge on any atom is -0.508 e. The summed E-state index contributed by atoms with van der Waals surface area (Å²) in [7, 11) is 0. The summed E-state index contributed by atoms with van der Waals surface area (Å²) in [4.78, 5) is 25.7. The summed E-state index contributed by atoms with van der Waals surface area (Å²) < 4.78 is 22.8. The third-order valence-electron chi connectivity index (χ3n) is 6.03. The van der Waals surface area contributed by atoms with Crippen molar-refractivity contribution in [2.45, 2.75) is 12.3 Å². The Bertz CT molecular complexity index is 1470. The van der Waals surface area contributed by atoms with Gasteiger partial charge in [-0.25, -0.2) is 0 Å². The van der Waals surface area contributed by atoms with Gasteiger partial charge in [0.15, 0.2) is 11.5 Å². The molecule has 7 heteroatoms. The average molecular weight is 442 g/mol. The predicted octanol–water partition coefficient (Wildman–Crippen LogP) is 4.38. The highest BCUT2D eigenvalue weighted by atomic mass is 16.6. The van der Waals surface area contributed by atoms with Crippen LogP contribution in [0.2, 0.25) is 0 Å². The number of aromatic hydroxyl groups is 1. The van der Waals surface area contributed by atoms with Crippen molar-refractivity contribution in [2.24, 2.45) is 0 Å². The van der Waals surface area contributed by atoms with Crippen LogP contribution in [0.15, 0.2) is 70.1 Å². The molecule has 0 radical (unpaired) electrons. The Morgan fingerprint density at radius 1 is 0.848 bits per heavy atom. The molecule has 0 bridgehead atoms. The maximum Gasteiger partial charge on any atom is 0.312 e. The number of rotatable bonds is 2. The Morgan fingerprint density at radius 2 is 1.61 bits per heavy atom. The number of carbonyl (C=O) groups is 1. The van der Waals surface area contributed by atoms with Crippen LogP contribution < -0.4 is 19.6 Å². The van der Waals surface area contributed by atoms with Crippen molar-refractivity contribution < 1.29 is 28.5 Å². The van der Waals surface area contributed by atoms with Gasteiger partial charge >= 0.3 is 5.97 Å². The summed E-state index contributed by atoms with van der Waals surface area (Å²) in [5.41, 5.74) is 2.69. The lowest BCUT2D eigenvalue weighted by Crippen LogP contribution is -2.22. The lowest BCUT2D eigenvalue weighted by Gasteiger charge is -2.27. The number of benzene rings is 3. The summed E-state index contributed by atoms with van der Waals surface area (Å²) >= 11 is 0. The zero-order valence-electron chi connectivity index (χ0n) is 17.4. The van der Waals surface area contributed by atoms with E-state index in [0.29, 0.717) is 58.1 Å². The molecule has 2 aliphatic rings. The molecule has 4 aromatic rings. The van der Waals surface area contributed by atoms with E-state index in [1.54, 1.807) is 24.3 Å². The highest BCUT2D eigenvalue weighted by Gasteiger charge is 2.33. The Balaban J connectivity index is 1.53. The van der Waals surface area contributed by atoms with Crippen molar-refractivity contribution in [1.82, 2.24) is 0 Å². The number of ether oxygens (including phenoxy) is 3. The van der Waals surface area contributed by atoms with Gasteiger partial charge in [-0.15, -0.1) is 0 Å². The molecule has 0 aliphatic carbocycles. The number of fused-ring (bicyclic) bond motifs is 4. The van der Waals surface area contributed by atoms with Gasteiger partial charge in [-0.3, -0.25) is 9.59 Å². The van der Waals surface area contributed by atoms with Gasteiger partial charge in [0.25, 0.3) is 0 Å². The Kier molecular flexibility index (Phi) is 4.36. The van der Waals surface area contributed by atoms with Gasteiger partial charge in [-0.1, -0.05) is 18.2 Å². The monoisotopic (exact) mass is 442 g/mol. The fourth-order valence-electron chi connectivity index (χ4n) is 4.46. The lowest BCUT2D eigenvalue weighted by atomic mass is 9.85. The van der Waals surface area contributed by atoms with E-state index >= 15 is 0 Å². The molecule has 0 fully saturated rings. The second kappa shape index (κ2) is 7.41. The van der Waals surface area contributed by atoms with Crippen molar-refractivity contribution >= 4 is 16.9 Å². The first-order valence-corrected chi connectivity index (χ1v) is 10.6. The van der Waals surface area contributed by atoms with E-state index in [1.165, 1.54) is 18.4 Å². The van der Waals surface area contributed by atoms with Crippen molar-refractivity contribution in [1.29, 1.82) is 0 Å². The molecule has 1 atom stereocenters. The zero-order chi connectivity index (χ0) is 22.5. The van der Waals surface area contributed by atoms with Crippen LogP contribution in [0.4, 0.5) is 0 Å². The van der Waals surface area contributed by atoms with E-state index in [0.717, 1.165) is 5.56 Å². The zero-order valence-corrected chi connectivity index (χ0v) is 17.4. The van der Waals surface area contributed by atoms with Crippen LogP contribution in [0, 0.1) is 0 Å². The molecule has 7 nitrogen and oxygen atoms in total. The topological polar surface area (TPSA) is 95.2 Å². The van der Waals surface area contributed by atoms with Crippen LogP contribution in [0.1, 0.15) is 23.5 Å². The molecule has 0 unspecified atom stereocenters. The normalized spacial score (nSPS) is 16.8. The molecule has 3 aromatic carbocycles. The largest absolute Gasteiger partial charge is 0.508 e. The van der Waals surface area contributed by atoms with Gasteiger partial charge < -0.3 is 23.7 Å². The first-order valence-electron chi connectivity index (χ1n) is 10.6. The standard InChI is InChI=1S/C26H18O7/c27-16-4-1-14(2-5-16)19-13-32-26-17(25(19)29)6-8-21-24(26)18(12-23(28)33-21)15-3-7-20-22(11-15)31-10-9-30-20/h1-8,11,13,18,27H,9-10,12H2/t18-/m0/s1. The second-order valence-electron chi connectivity index (χ2n) is 8.01. The SMILES string of the molecule is O=C1C[C@@H](c2ccc3c(c2)OCCO3)c2c(ccc3c(=O)c(-c4ccc(O)cc4)coc23)O1. The van der Waals surface area contributed by atoms with E-state index < -0.39 is 0 Å². The maximum absolute atomic E-state index is 13.3. The van der Waals surface area contributed by atoms with Gasteiger partial charge in [0.05, 0.1) is 17.4 Å². The number of phenolic OH excluding ortho intramolecular Hbond substituents is 1. The first kappa shape index (κ1) is 19.4. The Labute approximate surface area is 187 Å². The summed E-state index contributed by atoms with van der Waals surface area (Å²) in [5.74, 6) is 1.04. The van der Waals surface area contributed by atoms with Crippen LogP contribution in [-0.4, -0.2) is 24.3 Å². The predicted molar refractivity (Wildman–Crippen MR) is 119 cm³/mol. The highest BCUT2D eigenvalue weighted by Crippen LogP contribution is 2.44. The Morgan fingerprint density at radius 3 is 2.42 bits per heavy atom. The van der Waals surface area contributed by atoms with Gasteiger partial charge in [0, 0.05) is 11.5 Å². The smallest absolute Gasteiger partial charge is 0.312 e. The first-order chi connectivity index (χ1) is 16.1. The fourth-order valence-corrected chi connectivity index (χ4v) is 4.46. The summed E-state index contributed by atoms with van der Waals surface area (Å²) in [6.07, 6.45) is 1.52. The van der Waals surface area contributed by atoms with Gasteiger partial charge in [-0.2, -0.15) is 0 Å². The third-order valence-corrected chi connectivity index (χ3v) is 6.03. The minimum absolute atomic E-state index is 0.106. The highest BCUT2D eigenvalue weighted by molar-refractivity contribution is 5.90. The van der Waals surface area contributed by atoms with Crippen molar-refractivity contribution in [3.05, 3.63) is 82.2 Å². The van der Waals surface area contributed by atoms with Gasteiger partial charge in [0.2, 0.25) is 5.43 Å². The molecular weight excluding hydrogens is 424 g/mol. The Hall–Kier alpha value is -4.26. The molecule has 0 saturated carbocycles. The molecule has 33 heavy (non-hydrogen) atoms. The summed E-state index contributed by atoms with van der Waals surface area (Å²) in [5, 5.41) is 9.94. The number of phenols is 1. The molecule has 0 saturated heterocycles. The van der Waals surface area contributed by atoms with E-state index in [2.05, 4.69) is 0 Å². The van der Waals surface area contributed by atoms with Crippen LogP contribution in [0.3, 0.4) is 0 Å². The lowest BCUT2D eigenvalue weighted by molar-refractivity contribution is -0.135. The number of hydrogen-bond acceptors (Lipinski definition) is 7. The second-order valence-corrected chi connectivity index (χ2v) is 8.01. The molecule has 2 aliphatic heterocycles. The number of hydrogen-bond donors (Lipinski definition) is 1. The van der Waals surface area contributed by atoms with E-state index in [4.69, 9.17) is 18.6 Å². The molecule has 0 spiro atoms. The molecule has 0 amide bonds. The quantitative estimate of drug-likeness (QED) is 0.364. The van der Waals surface area contributed by atoms with Crippen LogP contribution >= 0.6 is 0 Å². The molecule has 1 aromatic heterocycles. The molecular formula is C26H18O7. The van der Waals surface area contributed by atoms with Gasteiger partial charge in [0.1, 0.15) is 36.6 Å². The van der Waals surface area contributed by atoms with Crippen LogP contribution in [0.5, 0.6) is 23.0 Å². The molecule has 3 heterocycles. The minimum atomic E-state index is -0.372. The molecule has 6 rings (SSSR count). The summed E-state index contributed by atoms with van der Waals surface area (Å²) in [6, 6.07) is 15.2. The number of carbonyl (C=O) groups excluding carboxylic acids is 1. The summed E-state index contributed by atoms with van der Waals surface area (Å²) in [6.45, 7) is 0.946. The maximum atomic E-state index is 13.3. The number of esters is 1.